The van der Waals surface area contributed by atoms with E-state index in [1.165, 1.54) is 5.56 Å². The van der Waals surface area contributed by atoms with Crippen molar-refractivity contribution in [3.63, 3.8) is 0 Å². The molecule has 0 saturated heterocycles. The first-order valence-electron chi connectivity index (χ1n) is 9.48. The number of carbonyl (C=O) groups excluding carboxylic acids is 1. The Morgan fingerprint density at radius 3 is 2.79 bits per heavy atom. The summed E-state index contributed by atoms with van der Waals surface area (Å²) in [6, 6.07) is 13.2. The number of aromatic nitrogens is 2. The molecule has 0 unspecified atom stereocenters. The van der Waals surface area contributed by atoms with Crippen molar-refractivity contribution in [2.45, 2.75) is 39.7 Å². The van der Waals surface area contributed by atoms with E-state index < -0.39 is 0 Å². The Hall–Kier alpha value is -2.66. The van der Waals surface area contributed by atoms with Gasteiger partial charge in [-0.25, -0.2) is 4.98 Å². The van der Waals surface area contributed by atoms with Crippen molar-refractivity contribution in [3.05, 3.63) is 74.8 Å². The predicted octanol–water partition coefficient (Wildman–Crippen LogP) is 4.26. The van der Waals surface area contributed by atoms with Gasteiger partial charge in [-0.2, -0.15) is 0 Å². The fourth-order valence-corrected chi connectivity index (χ4v) is 3.42. The monoisotopic (exact) mass is 397 g/mol. The van der Waals surface area contributed by atoms with Crippen LogP contribution in [0.2, 0.25) is 5.02 Å². The van der Waals surface area contributed by atoms with Gasteiger partial charge in [-0.05, 0) is 43.5 Å². The van der Waals surface area contributed by atoms with Gasteiger partial charge in [0.25, 0.3) is 5.56 Å². The van der Waals surface area contributed by atoms with Crippen LogP contribution < -0.4 is 5.56 Å². The Morgan fingerprint density at radius 2 is 2.04 bits per heavy atom. The zero-order valence-corrected chi connectivity index (χ0v) is 16.9. The maximum Gasteiger partial charge on any atom is 0.258 e. The lowest BCUT2D eigenvalue weighted by molar-refractivity contribution is -0.131. The molecule has 3 aromatic rings. The number of benzene rings is 2. The second kappa shape index (κ2) is 9.02. The number of hydrogen-bond donors (Lipinski definition) is 1. The number of nitrogens with zero attached hydrogens (tertiary/aromatic N) is 2. The van der Waals surface area contributed by atoms with E-state index in [1.807, 2.05) is 32.0 Å². The summed E-state index contributed by atoms with van der Waals surface area (Å²) < 4.78 is 0. The summed E-state index contributed by atoms with van der Waals surface area (Å²) in [6.45, 7) is 4.96. The number of H-pyrrole nitrogens is 1. The van der Waals surface area contributed by atoms with Gasteiger partial charge in [0.1, 0.15) is 5.82 Å². The second-order valence-corrected chi connectivity index (χ2v) is 7.41. The zero-order valence-electron chi connectivity index (χ0n) is 16.2. The molecule has 0 radical (unpaired) electrons. The van der Waals surface area contributed by atoms with E-state index in [9.17, 15) is 9.59 Å². The Kier molecular flexibility index (Phi) is 6.47. The van der Waals surface area contributed by atoms with E-state index in [-0.39, 0.29) is 18.0 Å². The summed E-state index contributed by atoms with van der Waals surface area (Å²) in [5.74, 6) is 0.523. The average molecular weight is 398 g/mol. The highest BCUT2D eigenvalue weighted by Gasteiger charge is 2.15. The van der Waals surface area contributed by atoms with Crippen LogP contribution in [-0.2, 0) is 17.8 Å². The van der Waals surface area contributed by atoms with E-state index >= 15 is 0 Å². The average Bonchev–Trinajstić information content (AvgIpc) is 2.65. The molecule has 1 N–H and O–H groups in total. The van der Waals surface area contributed by atoms with Crippen LogP contribution in [0.4, 0.5) is 0 Å². The van der Waals surface area contributed by atoms with Gasteiger partial charge in [0.05, 0.1) is 17.4 Å². The van der Waals surface area contributed by atoms with Crippen molar-refractivity contribution in [2.75, 3.05) is 6.54 Å². The van der Waals surface area contributed by atoms with Crippen molar-refractivity contribution in [3.8, 4) is 0 Å². The molecule has 1 amide bonds. The molecule has 5 nitrogen and oxygen atoms in total. The van der Waals surface area contributed by atoms with Crippen LogP contribution in [0.25, 0.3) is 10.9 Å². The van der Waals surface area contributed by atoms with Gasteiger partial charge in [-0.3, -0.25) is 9.59 Å². The molecule has 0 atom stereocenters. The Bertz CT molecular complexity index is 1050. The molecular formula is C22H24ClN3O2. The Morgan fingerprint density at radius 1 is 1.21 bits per heavy atom. The van der Waals surface area contributed by atoms with Gasteiger partial charge in [0.2, 0.25) is 5.91 Å². The predicted molar refractivity (Wildman–Crippen MR) is 113 cm³/mol. The number of carbonyl (C=O) groups is 1. The molecular weight excluding hydrogens is 374 g/mol. The first kappa shape index (κ1) is 20.1. The molecule has 2 aromatic carbocycles. The summed E-state index contributed by atoms with van der Waals surface area (Å²) >= 11 is 6.02. The standard InChI is InChI=1S/C22H24ClN3O2/c1-3-11-26(21(27)10-7-16-6-4-5-15(2)12-16)14-20-24-19-13-17(23)8-9-18(19)22(28)25-20/h4-6,8-9,12-13H,3,7,10-11,14H2,1-2H3,(H,24,25,28). The number of fused-ring (bicyclic) bond motifs is 1. The van der Waals surface area contributed by atoms with Crippen molar-refractivity contribution >= 4 is 28.4 Å². The van der Waals surface area contributed by atoms with E-state index in [2.05, 4.69) is 16.0 Å². The molecule has 0 bridgehead atoms. The molecule has 146 valence electrons. The van der Waals surface area contributed by atoms with Gasteiger partial charge in [0, 0.05) is 18.0 Å². The first-order chi connectivity index (χ1) is 13.5. The summed E-state index contributed by atoms with van der Waals surface area (Å²) in [6.07, 6.45) is 1.95. The van der Waals surface area contributed by atoms with Crippen LogP contribution in [0.15, 0.2) is 47.3 Å². The maximum absolute atomic E-state index is 12.8. The molecule has 28 heavy (non-hydrogen) atoms. The lowest BCUT2D eigenvalue weighted by Gasteiger charge is -2.22. The van der Waals surface area contributed by atoms with Crippen LogP contribution in [0.5, 0.6) is 0 Å². The SMILES string of the molecule is CCCN(Cc1nc2cc(Cl)ccc2c(=O)[nH]1)C(=O)CCc1cccc(C)c1. The molecule has 3 rings (SSSR count). The molecule has 0 spiro atoms. The minimum Gasteiger partial charge on any atom is -0.335 e. The number of nitrogens with one attached hydrogen (secondary N) is 1. The molecule has 0 aliphatic heterocycles. The van der Waals surface area contributed by atoms with Crippen LogP contribution in [0.1, 0.15) is 36.7 Å². The quantitative estimate of drug-likeness (QED) is 0.647. The first-order valence-corrected chi connectivity index (χ1v) is 9.86. The van der Waals surface area contributed by atoms with Crippen molar-refractivity contribution in [1.82, 2.24) is 14.9 Å². The molecule has 0 aliphatic rings. The number of aryl methyl sites for hydroxylation is 2. The van der Waals surface area contributed by atoms with E-state index in [0.717, 1.165) is 12.0 Å². The smallest absolute Gasteiger partial charge is 0.258 e. The van der Waals surface area contributed by atoms with Gasteiger partial charge >= 0.3 is 0 Å². The largest absolute Gasteiger partial charge is 0.335 e. The van der Waals surface area contributed by atoms with Gasteiger partial charge < -0.3 is 9.88 Å². The highest BCUT2D eigenvalue weighted by Crippen LogP contribution is 2.15. The van der Waals surface area contributed by atoms with Crippen LogP contribution >= 0.6 is 11.6 Å². The van der Waals surface area contributed by atoms with E-state index in [4.69, 9.17) is 11.6 Å². The molecule has 0 aliphatic carbocycles. The number of halogens is 1. The summed E-state index contributed by atoms with van der Waals surface area (Å²) in [7, 11) is 0. The van der Waals surface area contributed by atoms with Gasteiger partial charge in [0.15, 0.2) is 0 Å². The van der Waals surface area contributed by atoms with Crippen molar-refractivity contribution in [2.24, 2.45) is 0 Å². The maximum atomic E-state index is 12.8. The zero-order chi connectivity index (χ0) is 20.1. The normalized spacial score (nSPS) is 11.0. The summed E-state index contributed by atoms with van der Waals surface area (Å²) in [5.41, 5.74) is 2.65. The third kappa shape index (κ3) is 4.98. The van der Waals surface area contributed by atoms with Crippen molar-refractivity contribution < 1.29 is 4.79 Å². The summed E-state index contributed by atoms with van der Waals surface area (Å²) in [4.78, 5) is 34.1. The second-order valence-electron chi connectivity index (χ2n) is 6.98. The topological polar surface area (TPSA) is 66.1 Å². The molecule has 6 heteroatoms. The lowest BCUT2D eigenvalue weighted by Crippen LogP contribution is -2.33. The van der Waals surface area contributed by atoms with E-state index in [1.54, 1.807) is 23.1 Å². The van der Waals surface area contributed by atoms with Crippen LogP contribution in [0, 0.1) is 6.92 Å². The van der Waals surface area contributed by atoms with Gasteiger partial charge in [-0.15, -0.1) is 0 Å². The Balaban J connectivity index is 1.75. The third-order valence-electron chi connectivity index (χ3n) is 4.61. The third-order valence-corrected chi connectivity index (χ3v) is 4.85. The molecule has 0 saturated carbocycles. The number of rotatable bonds is 7. The fourth-order valence-electron chi connectivity index (χ4n) is 3.26. The fraction of sp³-hybridized carbons (Fsp3) is 0.318. The van der Waals surface area contributed by atoms with Crippen LogP contribution in [0.3, 0.4) is 0 Å². The highest BCUT2D eigenvalue weighted by atomic mass is 35.5. The van der Waals surface area contributed by atoms with E-state index in [0.29, 0.717) is 41.1 Å². The molecule has 0 fully saturated rings. The lowest BCUT2D eigenvalue weighted by atomic mass is 10.1. The number of hydrogen-bond acceptors (Lipinski definition) is 3. The van der Waals surface area contributed by atoms with Gasteiger partial charge in [-0.1, -0.05) is 48.4 Å². The van der Waals surface area contributed by atoms with Crippen LogP contribution in [-0.4, -0.2) is 27.3 Å². The highest BCUT2D eigenvalue weighted by molar-refractivity contribution is 6.31. The summed E-state index contributed by atoms with van der Waals surface area (Å²) in [5, 5.41) is 1.01. The minimum absolute atomic E-state index is 0.0530. The number of amides is 1. The van der Waals surface area contributed by atoms with Crippen molar-refractivity contribution in [1.29, 1.82) is 0 Å². The minimum atomic E-state index is -0.222. The number of aromatic amines is 1. The Labute approximate surface area is 169 Å². The molecule has 1 heterocycles. The molecule has 1 aromatic heterocycles.